The lowest BCUT2D eigenvalue weighted by molar-refractivity contribution is 0.664. The van der Waals surface area contributed by atoms with Crippen molar-refractivity contribution in [2.75, 3.05) is 0 Å². The third-order valence-corrected chi connectivity index (χ3v) is 13.4. The van der Waals surface area contributed by atoms with Gasteiger partial charge in [-0.25, -0.2) is 0 Å². The number of hydrogen-bond donors (Lipinski definition) is 1. The van der Waals surface area contributed by atoms with E-state index in [-0.39, 0.29) is 6.17 Å². The topological polar surface area (TPSA) is 29.3 Å². The van der Waals surface area contributed by atoms with Crippen molar-refractivity contribution in [3.63, 3.8) is 0 Å². The van der Waals surface area contributed by atoms with Crippen molar-refractivity contribution in [3.05, 3.63) is 241 Å². The van der Waals surface area contributed by atoms with Crippen LogP contribution in [0.25, 0.3) is 86.7 Å². The third kappa shape index (κ3) is 6.23. The fourth-order valence-corrected chi connectivity index (χ4v) is 10.5. The van der Waals surface area contributed by atoms with Crippen LogP contribution in [0.15, 0.2) is 229 Å². The van der Waals surface area contributed by atoms with E-state index in [1.807, 2.05) is 11.3 Å². The Morgan fingerprint density at radius 1 is 0.435 bits per heavy atom. The Kier molecular flexibility index (Phi) is 8.75. The molecular formula is C58H39N3S. The molecular weight excluding hydrogens is 771 g/mol. The molecule has 0 radical (unpaired) electrons. The molecule has 62 heavy (non-hydrogen) atoms. The number of rotatable bonds is 7. The van der Waals surface area contributed by atoms with Crippen molar-refractivity contribution >= 4 is 64.7 Å². The largest absolute Gasteiger partial charge is 0.360 e. The van der Waals surface area contributed by atoms with E-state index in [0.29, 0.717) is 0 Å². The summed E-state index contributed by atoms with van der Waals surface area (Å²) in [7, 11) is 0. The van der Waals surface area contributed by atoms with Gasteiger partial charge in [-0.1, -0.05) is 176 Å². The molecule has 1 aliphatic heterocycles. The van der Waals surface area contributed by atoms with Crippen molar-refractivity contribution < 1.29 is 0 Å². The fourth-order valence-electron chi connectivity index (χ4n) is 9.27. The molecule has 1 aliphatic rings. The number of allylic oxidation sites excluding steroid dienone is 1. The molecule has 0 spiro atoms. The summed E-state index contributed by atoms with van der Waals surface area (Å²) in [6, 6.07) is 79.0. The monoisotopic (exact) mass is 809 g/mol. The molecule has 3 nitrogen and oxygen atoms in total. The van der Waals surface area contributed by atoms with Crippen LogP contribution in [0.4, 0.5) is 0 Å². The second kappa shape index (κ2) is 15.0. The summed E-state index contributed by atoms with van der Waals surface area (Å²) in [5, 5.41) is 8.86. The van der Waals surface area contributed by atoms with E-state index in [1.54, 1.807) is 0 Å². The van der Waals surface area contributed by atoms with E-state index in [1.165, 1.54) is 69.8 Å². The van der Waals surface area contributed by atoms with E-state index in [9.17, 15) is 0 Å². The molecule has 4 heteroatoms. The van der Waals surface area contributed by atoms with Crippen LogP contribution in [0.1, 0.15) is 22.9 Å². The number of benzene rings is 9. The van der Waals surface area contributed by atoms with Crippen molar-refractivity contribution in [1.82, 2.24) is 9.88 Å². The molecule has 12 rings (SSSR count). The maximum Gasteiger partial charge on any atom is 0.145 e. The summed E-state index contributed by atoms with van der Waals surface area (Å²) < 4.78 is 5.12. The van der Waals surface area contributed by atoms with Crippen LogP contribution in [-0.2, 0) is 0 Å². The quantitative estimate of drug-likeness (QED) is 0.171. The molecule has 0 aliphatic carbocycles. The minimum atomic E-state index is -0.229. The lowest BCUT2D eigenvalue weighted by Gasteiger charge is -2.25. The fraction of sp³-hybridized carbons (Fsp3) is 0.0172. The van der Waals surface area contributed by atoms with Gasteiger partial charge in [0.05, 0.1) is 16.7 Å². The number of hydrogen-bond acceptors (Lipinski definition) is 3. The van der Waals surface area contributed by atoms with E-state index in [0.717, 1.165) is 39.3 Å². The van der Waals surface area contributed by atoms with E-state index in [2.05, 4.69) is 234 Å². The molecule has 1 unspecified atom stereocenters. The first-order chi connectivity index (χ1) is 30.7. The molecule has 0 saturated carbocycles. The minimum absolute atomic E-state index is 0.229. The molecule has 0 saturated heterocycles. The molecule has 3 heterocycles. The Morgan fingerprint density at radius 3 is 1.87 bits per heavy atom. The summed E-state index contributed by atoms with van der Waals surface area (Å²) >= 11 is 1.88. The molecule has 0 fully saturated rings. The number of nitrogens with zero attached hydrogens (tertiary/aromatic N) is 2. The zero-order chi connectivity index (χ0) is 41.0. The number of nitrogens with one attached hydrogen (secondary N) is 1. The number of thiophene rings is 1. The maximum atomic E-state index is 5.22. The summed E-state index contributed by atoms with van der Waals surface area (Å²) in [5.74, 6) is 0. The highest BCUT2D eigenvalue weighted by Gasteiger charge is 2.23. The van der Waals surface area contributed by atoms with Crippen molar-refractivity contribution in [1.29, 1.82) is 0 Å². The highest BCUT2D eigenvalue weighted by Crippen LogP contribution is 2.45. The van der Waals surface area contributed by atoms with Gasteiger partial charge in [0.15, 0.2) is 0 Å². The van der Waals surface area contributed by atoms with Crippen LogP contribution < -0.4 is 5.32 Å². The van der Waals surface area contributed by atoms with Crippen LogP contribution in [0.3, 0.4) is 0 Å². The Bertz CT molecular complexity index is 3530. The zero-order valence-corrected chi connectivity index (χ0v) is 34.6. The smallest absolute Gasteiger partial charge is 0.145 e. The van der Waals surface area contributed by atoms with Gasteiger partial charge in [-0.3, -0.25) is 4.99 Å². The normalized spacial score (nSPS) is 14.0. The SMILES string of the molecule is C1=C(c2cccc(-n3c4ccc(-c5cccc6c5sc5ccccc56)cc4c4cc(-c5ccccc5)cc(-c5ccccc5)c43)c2)NC(c2ccccc2)N=C1c1ccccc1. The summed E-state index contributed by atoms with van der Waals surface area (Å²) in [6.45, 7) is 0. The van der Waals surface area contributed by atoms with Gasteiger partial charge >= 0.3 is 0 Å². The number of aliphatic imine (C=N–C) groups is 1. The van der Waals surface area contributed by atoms with Gasteiger partial charge in [-0.2, -0.15) is 0 Å². The second-order valence-corrected chi connectivity index (χ2v) is 17.0. The molecule has 1 N–H and O–H groups in total. The van der Waals surface area contributed by atoms with Gasteiger partial charge in [-0.15, -0.1) is 11.3 Å². The van der Waals surface area contributed by atoms with Crippen molar-refractivity contribution in [2.45, 2.75) is 6.17 Å². The predicted molar refractivity (Wildman–Crippen MR) is 263 cm³/mol. The Hall–Kier alpha value is -7.79. The molecule has 1 atom stereocenters. The molecule has 0 bridgehead atoms. The molecule has 292 valence electrons. The summed E-state index contributed by atoms with van der Waals surface area (Å²) in [5.41, 5.74) is 15.9. The molecule has 9 aromatic carbocycles. The zero-order valence-electron chi connectivity index (χ0n) is 33.7. The van der Waals surface area contributed by atoms with Crippen molar-refractivity contribution in [2.24, 2.45) is 4.99 Å². The lowest BCUT2D eigenvalue weighted by atomic mass is 9.95. The summed E-state index contributed by atoms with van der Waals surface area (Å²) in [6.07, 6.45) is 1.97. The minimum Gasteiger partial charge on any atom is -0.360 e. The van der Waals surface area contributed by atoms with Crippen LogP contribution >= 0.6 is 11.3 Å². The average molecular weight is 810 g/mol. The van der Waals surface area contributed by atoms with Gasteiger partial charge < -0.3 is 9.88 Å². The predicted octanol–water partition coefficient (Wildman–Crippen LogP) is 15.3. The van der Waals surface area contributed by atoms with Gasteiger partial charge in [0, 0.05) is 47.9 Å². The molecule has 2 aromatic heterocycles. The number of aromatic nitrogens is 1. The van der Waals surface area contributed by atoms with E-state index >= 15 is 0 Å². The van der Waals surface area contributed by atoms with Crippen LogP contribution in [0.5, 0.6) is 0 Å². The Labute approximate surface area is 364 Å². The average Bonchev–Trinajstić information content (AvgIpc) is 3.90. The summed E-state index contributed by atoms with van der Waals surface area (Å²) in [4.78, 5) is 5.22. The lowest BCUT2D eigenvalue weighted by Crippen LogP contribution is -2.24. The number of fused-ring (bicyclic) bond motifs is 6. The Morgan fingerprint density at radius 2 is 1.08 bits per heavy atom. The Balaban J connectivity index is 1.10. The molecule has 11 aromatic rings. The third-order valence-electron chi connectivity index (χ3n) is 12.2. The van der Waals surface area contributed by atoms with Gasteiger partial charge in [0.2, 0.25) is 0 Å². The van der Waals surface area contributed by atoms with Crippen molar-refractivity contribution in [3.8, 4) is 39.1 Å². The van der Waals surface area contributed by atoms with E-state index < -0.39 is 0 Å². The van der Waals surface area contributed by atoms with Gasteiger partial charge in [0.25, 0.3) is 0 Å². The first kappa shape index (κ1) is 36.1. The van der Waals surface area contributed by atoms with Gasteiger partial charge in [0.1, 0.15) is 6.17 Å². The van der Waals surface area contributed by atoms with Gasteiger partial charge in [-0.05, 0) is 93.0 Å². The first-order valence-electron chi connectivity index (χ1n) is 21.1. The van der Waals surface area contributed by atoms with E-state index in [4.69, 9.17) is 4.99 Å². The molecule has 0 amide bonds. The standard InChI is InChI=1S/C58H39N3S/c1-5-17-38(18-6-1)44-35-49(39-19-7-2-8-20-39)56-51(36-44)50-34-42(46-28-16-29-48-47-27-13-14-30-55(47)62-57(46)48)31-32-54(50)61(56)45-26-15-25-43(33-45)53-37-52(40-21-9-3-10-22-40)59-58(60-53)41-23-11-4-12-24-41/h1-37,58,60H. The second-order valence-electron chi connectivity index (χ2n) is 15.9. The van der Waals surface area contributed by atoms with Crippen LogP contribution in [-0.4, -0.2) is 10.3 Å². The highest BCUT2D eigenvalue weighted by atomic mass is 32.1. The maximum absolute atomic E-state index is 5.22. The first-order valence-corrected chi connectivity index (χ1v) is 22.0. The van der Waals surface area contributed by atoms with Crippen LogP contribution in [0, 0.1) is 0 Å². The van der Waals surface area contributed by atoms with Crippen LogP contribution in [0.2, 0.25) is 0 Å². The highest BCUT2D eigenvalue weighted by molar-refractivity contribution is 7.26.